The Morgan fingerprint density at radius 3 is 2.72 bits per heavy atom. The summed E-state index contributed by atoms with van der Waals surface area (Å²) in [5.41, 5.74) is 0.988. The molecule has 18 heavy (non-hydrogen) atoms. The molecule has 0 aliphatic carbocycles. The lowest BCUT2D eigenvalue weighted by Crippen LogP contribution is -1.99. The number of hydrogen-bond donors (Lipinski definition) is 1. The molecule has 3 aromatic rings. The summed E-state index contributed by atoms with van der Waals surface area (Å²) >= 11 is 0. The summed E-state index contributed by atoms with van der Waals surface area (Å²) in [5.74, 6) is 0.743. The van der Waals surface area contributed by atoms with Gasteiger partial charge in [0.2, 0.25) is 0 Å². The van der Waals surface area contributed by atoms with Gasteiger partial charge in [-0.25, -0.2) is 0 Å². The Kier molecular flexibility index (Phi) is 2.12. The van der Waals surface area contributed by atoms with E-state index < -0.39 is 0 Å². The molecule has 0 saturated heterocycles. The van der Waals surface area contributed by atoms with Crippen molar-refractivity contribution in [1.29, 1.82) is 1.43 Å². The van der Waals surface area contributed by atoms with Gasteiger partial charge < -0.3 is 9.53 Å². The van der Waals surface area contributed by atoms with Crippen LogP contribution in [0.1, 0.15) is 0 Å². The molecule has 3 rings (SSSR count). The number of phenols is 1. The largest absolute Gasteiger partial charge is 0.507 e. The van der Waals surface area contributed by atoms with Crippen LogP contribution in [0.25, 0.3) is 22.3 Å². The van der Waals surface area contributed by atoms with Crippen LogP contribution in [0.3, 0.4) is 0 Å². The molecule has 0 aliphatic rings. The highest BCUT2D eigenvalue weighted by molar-refractivity contribution is 5.79. The number of rotatable bonds is 2. The Balaban J connectivity index is 2.29. The number of phenolic OH excluding ortho intramolecular Hbond substituents is 1. The number of benzene rings is 2. The van der Waals surface area contributed by atoms with E-state index in [1.54, 1.807) is 42.5 Å². The lowest BCUT2D eigenvalue weighted by atomic mass is 10.1. The number of para-hydroxylation sites is 2. The molecular weight excluding hydrogens is 228 g/mol. The minimum absolute atomic E-state index is 0.114. The van der Waals surface area contributed by atoms with Crippen molar-refractivity contribution < 1.29 is 9.53 Å². The predicted octanol–water partition coefficient (Wildman–Crippen LogP) is 3.17. The van der Waals surface area contributed by atoms with Gasteiger partial charge in [-0.05, 0) is 24.3 Å². The number of hydrogen-bond acceptors (Lipinski definition) is 3. The van der Waals surface area contributed by atoms with Crippen LogP contribution in [0.5, 0.6) is 5.75 Å². The molecule has 3 nitrogen and oxygen atoms in total. The molecule has 3 heteroatoms. The normalized spacial score (nSPS) is 11.2. The molecule has 0 atom stereocenters. The van der Waals surface area contributed by atoms with Gasteiger partial charge in [-0.15, -0.1) is 0 Å². The van der Waals surface area contributed by atoms with Crippen molar-refractivity contribution in [2.75, 3.05) is 0 Å². The van der Waals surface area contributed by atoms with Gasteiger partial charge >= 0.3 is 0 Å². The maximum atomic E-state index is 12.0. The second-order valence-corrected chi connectivity index (χ2v) is 3.97. The zero-order chi connectivity index (χ0) is 13.2. The first kappa shape index (κ1) is 9.48. The van der Waals surface area contributed by atoms with E-state index in [-0.39, 0.29) is 5.43 Å². The predicted molar refractivity (Wildman–Crippen MR) is 69.6 cm³/mol. The molecule has 0 fully saturated rings. The summed E-state index contributed by atoms with van der Waals surface area (Å²) in [6.07, 6.45) is 0. The van der Waals surface area contributed by atoms with E-state index >= 15 is 0 Å². The minimum atomic E-state index is -0.114. The third-order valence-electron chi connectivity index (χ3n) is 2.79. The first-order valence-electron chi connectivity index (χ1n) is 5.96. The number of fused-ring (bicyclic) bond motifs is 1. The molecule has 0 aliphatic heterocycles. The van der Waals surface area contributed by atoms with E-state index in [4.69, 9.17) is 5.85 Å². The van der Waals surface area contributed by atoms with Crippen LogP contribution in [-0.2, 0) is 0 Å². The highest BCUT2D eigenvalue weighted by atomic mass is 16.3. The third kappa shape index (κ3) is 1.66. The lowest BCUT2D eigenvalue weighted by Gasteiger charge is -2.04. The smallest absolute Gasteiger partial charge is 0.293 e. The van der Waals surface area contributed by atoms with Crippen LogP contribution in [-0.4, -0.2) is 6.54 Å². The molecule has 1 heterocycles. The van der Waals surface area contributed by atoms with Crippen molar-refractivity contribution in [3.63, 3.8) is 0 Å². The average molecular weight is 239 g/mol. The molecular formula is C15H10O3. The van der Waals surface area contributed by atoms with E-state index in [2.05, 4.69) is 5.11 Å². The van der Waals surface area contributed by atoms with Crippen molar-refractivity contribution in [2.45, 2.75) is 0 Å². The Morgan fingerprint density at radius 1 is 1.06 bits per heavy atom. The van der Waals surface area contributed by atoms with E-state index in [0.717, 1.165) is 0 Å². The van der Waals surface area contributed by atoms with Crippen molar-refractivity contribution in [2.24, 2.45) is 0 Å². The van der Waals surface area contributed by atoms with Crippen LogP contribution in [0.15, 0.2) is 63.8 Å². The Hall–Kier alpha value is -2.55. The topological polar surface area (TPSA) is 50.4 Å². The van der Waals surface area contributed by atoms with Crippen LogP contribution in [0, 0.1) is 0 Å². The SMILES string of the molecule is [2H]Oc1ccccc1-c1cc(=O)c2ccccc2o1. The quantitative estimate of drug-likeness (QED) is 0.747. The van der Waals surface area contributed by atoms with E-state index in [0.29, 0.717) is 28.0 Å². The number of aromatic hydroxyl groups is 1. The molecule has 1 N–H and O–H groups in total. The molecule has 0 bridgehead atoms. The van der Waals surface area contributed by atoms with Gasteiger partial charge in [-0.2, -0.15) is 0 Å². The van der Waals surface area contributed by atoms with Gasteiger partial charge in [0.1, 0.15) is 17.1 Å². The third-order valence-corrected chi connectivity index (χ3v) is 2.79. The van der Waals surface area contributed by atoms with Gasteiger partial charge in [0.05, 0.1) is 10.9 Å². The zero-order valence-electron chi connectivity index (χ0n) is 10.4. The zero-order valence-corrected chi connectivity index (χ0v) is 9.42. The average Bonchev–Trinajstić information content (AvgIpc) is 2.47. The summed E-state index contributed by atoms with van der Waals surface area (Å²) in [4.78, 5) is 12.0. The highest BCUT2D eigenvalue weighted by Crippen LogP contribution is 2.29. The fraction of sp³-hybridized carbons (Fsp3) is 0. The summed E-state index contributed by atoms with van der Waals surface area (Å²) in [7, 11) is 0. The maximum absolute atomic E-state index is 12.0. The fourth-order valence-corrected chi connectivity index (χ4v) is 1.91. The van der Waals surface area contributed by atoms with Gasteiger partial charge in [-0.1, -0.05) is 24.3 Å². The van der Waals surface area contributed by atoms with Crippen molar-refractivity contribution in [3.05, 3.63) is 64.8 Å². The van der Waals surface area contributed by atoms with Crippen molar-refractivity contribution in [3.8, 4) is 17.1 Å². The fourth-order valence-electron chi connectivity index (χ4n) is 1.91. The molecule has 0 spiro atoms. The van der Waals surface area contributed by atoms with Crippen LogP contribution < -0.4 is 5.43 Å². The van der Waals surface area contributed by atoms with E-state index in [1.165, 1.54) is 6.07 Å². The van der Waals surface area contributed by atoms with Crippen LogP contribution in [0.4, 0.5) is 0 Å². The molecule has 0 radical (unpaired) electrons. The van der Waals surface area contributed by atoms with Crippen molar-refractivity contribution >= 4 is 11.0 Å². The molecule has 0 saturated carbocycles. The molecule has 2 aromatic carbocycles. The molecule has 1 aromatic heterocycles. The summed E-state index contributed by atoms with van der Waals surface area (Å²) in [5, 5.41) is 5.08. The lowest BCUT2D eigenvalue weighted by molar-refractivity contribution is 0.474. The maximum Gasteiger partial charge on any atom is 0.293 e. The highest BCUT2D eigenvalue weighted by Gasteiger charge is 2.09. The van der Waals surface area contributed by atoms with Crippen molar-refractivity contribution in [1.82, 2.24) is 0 Å². The van der Waals surface area contributed by atoms with Gasteiger partial charge in [-0.3, -0.25) is 4.79 Å². The van der Waals surface area contributed by atoms with Crippen LogP contribution >= 0.6 is 0 Å². The van der Waals surface area contributed by atoms with E-state index in [1.807, 2.05) is 6.07 Å². The summed E-state index contributed by atoms with van der Waals surface area (Å²) in [6, 6.07) is 15.4. The van der Waals surface area contributed by atoms with Crippen LogP contribution in [0.2, 0.25) is 0 Å². The monoisotopic (exact) mass is 239 g/mol. The van der Waals surface area contributed by atoms with E-state index in [9.17, 15) is 4.79 Å². The molecule has 0 unspecified atom stereocenters. The Morgan fingerprint density at radius 2 is 1.83 bits per heavy atom. The first-order chi connectivity index (χ1) is 9.29. The first-order valence-corrected chi connectivity index (χ1v) is 5.55. The van der Waals surface area contributed by atoms with Gasteiger partial charge in [0.25, 0.3) is 1.43 Å². The second-order valence-electron chi connectivity index (χ2n) is 3.97. The van der Waals surface area contributed by atoms with Gasteiger partial charge in [0, 0.05) is 6.07 Å². The molecule has 0 amide bonds. The van der Waals surface area contributed by atoms with Gasteiger partial charge in [0.15, 0.2) is 5.43 Å². The second kappa shape index (κ2) is 4.04. The Labute approximate surface area is 104 Å². The Bertz CT molecular complexity index is 792. The summed E-state index contributed by atoms with van der Waals surface area (Å²) in [6.45, 7) is 0. The molecule has 88 valence electrons. The minimum Gasteiger partial charge on any atom is -0.507 e. The standard InChI is InChI=1S/C15H10O3/c16-12-7-3-1-5-10(12)15-9-13(17)11-6-2-4-8-14(11)18-15/h1-9,16H/i/hD. The summed E-state index contributed by atoms with van der Waals surface area (Å²) < 4.78 is 12.7.